The molecule has 0 amide bonds. The first-order valence-electron chi connectivity index (χ1n) is 14.1. The Kier molecular flexibility index (Phi) is 13.5. The summed E-state index contributed by atoms with van der Waals surface area (Å²) >= 11 is 0. The van der Waals surface area contributed by atoms with Gasteiger partial charge in [0.05, 0.1) is 32.5 Å². The molecule has 38 heavy (non-hydrogen) atoms. The summed E-state index contributed by atoms with van der Waals surface area (Å²) in [6.07, 6.45) is 3.00. The quantitative estimate of drug-likeness (QED) is 0.121. The van der Waals surface area contributed by atoms with Crippen molar-refractivity contribution in [3.05, 3.63) is 41.5 Å². The average molecular weight is 567 g/mol. The Hall–Kier alpha value is -0.966. The average Bonchev–Trinajstić information content (AvgIpc) is 2.80. The lowest BCUT2D eigenvalue weighted by Gasteiger charge is -2.43. The molecular weight excluding hydrogens is 509 g/mol. The number of hydrogen-bond donors (Lipinski definition) is 0. The first-order valence-corrected chi connectivity index (χ1v) is 19.9. The molecule has 3 atom stereocenters. The molecule has 5 nitrogen and oxygen atoms in total. The summed E-state index contributed by atoms with van der Waals surface area (Å²) in [6.45, 7) is 29.3. The molecule has 0 fully saturated rings. The van der Waals surface area contributed by atoms with Crippen molar-refractivity contribution in [2.45, 2.75) is 117 Å². The lowest BCUT2D eigenvalue weighted by molar-refractivity contribution is 0.00939. The zero-order valence-electron chi connectivity index (χ0n) is 27.0. The lowest BCUT2D eigenvalue weighted by atomic mass is 9.91. The topological polar surface area (TPSA) is 46.2 Å². The fraction of sp³-hybridized carbons (Fsp3) is 0.742. The molecule has 0 aliphatic rings. The molecule has 1 aromatic rings. The van der Waals surface area contributed by atoms with Crippen LogP contribution in [0.1, 0.15) is 67.4 Å². The van der Waals surface area contributed by atoms with Gasteiger partial charge in [0.1, 0.15) is 5.75 Å². The van der Waals surface area contributed by atoms with Gasteiger partial charge in [-0.05, 0) is 72.9 Å². The van der Waals surface area contributed by atoms with Crippen LogP contribution in [0.15, 0.2) is 35.9 Å². The van der Waals surface area contributed by atoms with Gasteiger partial charge in [-0.15, -0.1) is 0 Å². The van der Waals surface area contributed by atoms with Gasteiger partial charge in [-0.3, -0.25) is 0 Å². The summed E-state index contributed by atoms with van der Waals surface area (Å²) in [5.74, 6) is 1.03. The minimum absolute atomic E-state index is 0.0502. The van der Waals surface area contributed by atoms with E-state index in [1.54, 1.807) is 14.2 Å². The minimum atomic E-state index is -1.99. The first kappa shape index (κ1) is 35.1. The van der Waals surface area contributed by atoms with E-state index in [2.05, 4.69) is 87.7 Å². The molecule has 220 valence electrons. The van der Waals surface area contributed by atoms with Gasteiger partial charge in [0.15, 0.2) is 16.6 Å². The maximum absolute atomic E-state index is 7.03. The van der Waals surface area contributed by atoms with Crippen LogP contribution in [0.2, 0.25) is 36.3 Å². The van der Waals surface area contributed by atoms with Crippen molar-refractivity contribution in [2.75, 3.05) is 27.4 Å². The third kappa shape index (κ3) is 10.5. The standard InChI is InChI=1S/C31H58O5Si2/c1-24(19-21-34-23-26-15-17-27(32-9)18-16-26)29(33-10)25(2)28(36-38(13,14)31(6,7)8)20-22-35-37(11,12)30(3,4)5/h15-19,25,28-29H,20-23H2,1-14H3/b24-19+/t25-,28-,29-/m0/s1. The van der Waals surface area contributed by atoms with E-state index in [1.807, 2.05) is 24.3 Å². The van der Waals surface area contributed by atoms with Crippen LogP contribution in [0.4, 0.5) is 0 Å². The van der Waals surface area contributed by atoms with E-state index >= 15 is 0 Å². The van der Waals surface area contributed by atoms with Crippen molar-refractivity contribution in [3.8, 4) is 5.75 Å². The predicted octanol–water partition coefficient (Wildman–Crippen LogP) is 8.61. The van der Waals surface area contributed by atoms with Gasteiger partial charge in [-0.25, -0.2) is 0 Å². The van der Waals surface area contributed by atoms with Crippen molar-refractivity contribution in [1.29, 1.82) is 0 Å². The van der Waals surface area contributed by atoms with Crippen LogP contribution in [0, 0.1) is 5.92 Å². The largest absolute Gasteiger partial charge is 0.497 e. The van der Waals surface area contributed by atoms with E-state index in [-0.39, 0.29) is 28.2 Å². The summed E-state index contributed by atoms with van der Waals surface area (Å²) in [7, 11) is -0.336. The molecule has 0 aliphatic carbocycles. The Bertz CT molecular complexity index is 851. The van der Waals surface area contributed by atoms with Gasteiger partial charge in [0.25, 0.3) is 0 Å². The van der Waals surface area contributed by atoms with Crippen molar-refractivity contribution in [3.63, 3.8) is 0 Å². The monoisotopic (exact) mass is 566 g/mol. The van der Waals surface area contributed by atoms with Crippen molar-refractivity contribution >= 4 is 16.6 Å². The Morgan fingerprint density at radius 1 is 0.895 bits per heavy atom. The zero-order chi connectivity index (χ0) is 29.4. The molecule has 0 unspecified atom stereocenters. The van der Waals surface area contributed by atoms with Gasteiger partial charge in [-0.2, -0.15) is 0 Å². The van der Waals surface area contributed by atoms with Crippen LogP contribution in [-0.2, 0) is 24.9 Å². The maximum Gasteiger partial charge on any atom is 0.192 e. The van der Waals surface area contributed by atoms with Crippen LogP contribution < -0.4 is 4.74 Å². The van der Waals surface area contributed by atoms with Crippen molar-refractivity contribution in [1.82, 2.24) is 0 Å². The molecule has 0 bridgehead atoms. The van der Waals surface area contributed by atoms with Crippen LogP contribution in [0.3, 0.4) is 0 Å². The Morgan fingerprint density at radius 3 is 1.92 bits per heavy atom. The predicted molar refractivity (Wildman–Crippen MR) is 166 cm³/mol. The number of hydrogen-bond acceptors (Lipinski definition) is 5. The van der Waals surface area contributed by atoms with Crippen molar-refractivity contribution in [2.24, 2.45) is 5.92 Å². The summed E-state index contributed by atoms with van der Waals surface area (Å²) in [5, 5.41) is 0.322. The molecule has 1 rings (SSSR count). The third-order valence-electron chi connectivity index (χ3n) is 8.64. The van der Waals surface area contributed by atoms with E-state index in [0.29, 0.717) is 19.8 Å². The van der Waals surface area contributed by atoms with Gasteiger partial charge >= 0.3 is 0 Å². The van der Waals surface area contributed by atoms with Crippen LogP contribution in [0.5, 0.6) is 5.75 Å². The first-order chi connectivity index (χ1) is 17.4. The molecule has 0 saturated heterocycles. The van der Waals surface area contributed by atoms with Gasteiger partial charge in [-0.1, -0.05) is 66.7 Å². The SMILES string of the molecule is COc1ccc(COC/C=C(\C)[C@H](OC)[C@@H](C)[C@H](CCO[Si](C)(C)C(C)(C)C)O[Si](C)(C)C(C)(C)C)cc1. The summed E-state index contributed by atoms with van der Waals surface area (Å²) in [5.41, 5.74) is 2.29. The summed E-state index contributed by atoms with van der Waals surface area (Å²) in [4.78, 5) is 0. The smallest absolute Gasteiger partial charge is 0.192 e. The lowest BCUT2D eigenvalue weighted by Crippen LogP contribution is -2.48. The van der Waals surface area contributed by atoms with Gasteiger partial charge in [0, 0.05) is 19.6 Å². The highest BCUT2D eigenvalue weighted by atomic mass is 28.4. The van der Waals surface area contributed by atoms with Crippen molar-refractivity contribution < 1.29 is 23.1 Å². The second-order valence-electron chi connectivity index (χ2n) is 13.6. The Balaban J connectivity index is 2.95. The number of methoxy groups -OCH3 is 2. The van der Waals surface area contributed by atoms with Gasteiger partial charge < -0.3 is 23.1 Å². The summed E-state index contributed by atoms with van der Waals surface area (Å²) in [6, 6.07) is 7.98. The number of rotatable bonds is 15. The van der Waals surface area contributed by atoms with E-state index < -0.39 is 16.6 Å². The fourth-order valence-electron chi connectivity index (χ4n) is 3.85. The van der Waals surface area contributed by atoms with E-state index in [4.69, 9.17) is 23.1 Å². The molecule has 0 N–H and O–H groups in total. The van der Waals surface area contributed by atoms with Gasteiger partial charge in [0.2, 0.25) is 0 Å². The molecular formula is C31H58O5Si2. The molecule has 0 saturated carbocycles. The van der Waals surface area contributed by atoms with Crippen LogP contribution in [0.25, 0.3) is 0 Å². The second-order valence-corrected chi connectivity index (χ2v) is 23.2. The maximum atomic E-state index is 7.03. The molecule has 0 aliphatic heterocycles. The Labute approximate surface area is 236 Å². The summed E-state index contributed by atoms with van der Waals surface area (Å²) < 4.78 is 30.8. The van der Waals surface area contributed by atoms with E-state index in [1.165, 1.54) is 5.57 Å². The highest BCUT2D eigenvalue weighted by Gasteiger charge is 2.42. The normalized spacial score (nSPS) is 16.3. The minimum Gasteiger partial charge on any atom is -0.497 e. The molecule has 0 aromatic heterocycles. The molecule has 1 aromatic carbocycles. The molecule has 7 heteroatoms. The molecule has 0 spiro atoms. The van der Waals surface area contributed by atoms with E-state index in [0.717, 1.165) is 17.7 Å². The number of benzene rings is 1. The highest BCUT2D eigenvalue weighted by Crippen LogP contribution is 2.40. The molecule has 0 radical (unpaired) electrons. The Morgan fingerprint density at radius 2 is 1.45 bits per heavy atom. The number of ether oxygens (including phenoxy) is 3. The van der Waals surface area contributed by atoms with Crippen LogP contribution in [-0.4, -0.2) is 56.3 Å². The highest BCUT2D eigenvalue weighted by molar-refractivity contribution is 6.74. The second kappa shape index (κ2) is 14.6. The van der Waals surface area contributed by atoms with Crippen LogP contribution >= 0.6 is 0 Å². The third-order valence-corrected chi connectivity index (χ3v) is 17.7. The zero-order valence-corrected chi connectivity index (χ0v) is 29.0. The fourth-order valence-corrected chi connectivity index (χ4v) is 6.35. The van der Waals surface area contributed by atoms with E-state index in [9.17, 15) is 0 Å². The molecule has 0 heterocycles.